The van der Waals surface area contributed by atoms with Gasteiger partial charge in [-0.25, -0.2) is 4.79 Å². The van der Waals surface area contributed by atoms with Gasteiger partial charge in [0.25, 0.3) is 0 Å². The van der Waals surface area contributed by atoms with E-state index in [0.717, 1.165) is 0 Å². The van der Waals surface area contributed by atoms with Gasteiger partial charge in [-0.05, 0) is 31.3 Å². The SMILES string of the molecule is C=C1C(=O)O[C@H]2C[C@H](C)[C@H]3C=CC(=O)[C@]3(C)[C@H](O)[C@@H]12. The van der Waals surface area contributed by atoms with E-state index in [0.29, 0.717) is 12.0 Å². The second-order valence-corrected chi connectivity index (χ2v) is 6.18. The third-order valence-corrected chi connectivity index (χ3v) is 5.17. The number of ketones is 1. The summed E-state index contributed by atoms with van der Waals surface area (Å²) in [4.78, 5) is 23.9. The van der Waals surface area contributed by atoms with Crippen molar-refractivity contribution >= 4 is 11.8 Å². The van der Waals surface area contributed by atoms with Crippen LogP contribution in [0.25, 0.3) is 0 Å². The van der Waals surface area contributed by atoms with E-state index in [1.807, 2.05) is 13.0 Å². The molecule has 0 spiro atoms. The Bertz CT molecular complexity index is 506. The first kappa shape index (κ1) is 12.6. The highest BCUT2D eigenvalue weighted by atomic mass is 16.6. The van der Waals surface area contributed by atoms with E-state index >= 15 is 0 Å². The van der Waals surface area contributed by atoms with E-state index in [4.69, 9.17) is 4.74 Å². The summed E-state index contributed by atoms with van der Waals surface area (Å²) in [7, 11) is 0. The van der Waals surface area contributed by atoms with Crippen LogP contribution in [0, 0.1) is 23.2 Å². The van der Waals surface area contributed by atoms with Gasteiger partial charge in [0.05, 0.1) is 17.4 Å². The Morgan fingerprint density at radius 1 is 1.47 bits per heavy atom. The number of ether oxygens (including phenoxy) is 1. The van der Waals surface area contributed by atoms with Crippen LogP contribution in [0.4, 0.5) is 0 Å². The van der Waals surface area contributed by atoms with Crippen LogP contribution < -0.4 is 0 Å². The Morgan fingerprint density at radius 2 is 2.16 bits per heavy atom. The zero-order valence-corrected chi connectivity index (χ0v) is 11.1. The number of allylic oxidation sites excluding steroid dienone is 2. The van der Waals surface area contributed by atoms with Gasteiger partial charge in [-0.15, -0.1) is 0 Å². The first-order valence-electron chi connectivity index (χ1n) is 6.68. The van der Waals surface area contributed by atoms with Gasteiger partial charge in [0.1, 0.15) is 6.10 Å². The number of esters is 1. The van der Waals surface area contributed by atoms with Gasteiger partial charge < -0.3 is 9.84 Å². The van der Waals surface area contributed by atoms with Crippen molar-refractivity contribution in [1.29, 1.82) is 0 Å². The molecule has 6 atom stereocenters. The number of carbonyl (C=O) groups excluding carboxylic acids is 2. The van der Waals surface area contributed by atoms with Gasteiger partial charge in [-0.3, -0.25) is 4.79 Å². The first-order chi connectivity index (χ1) is 8.87. The van der Waals surface area contributed by atoms with Gasteiger partial charge in [0.15, 0.2) is 5.78 Å². The fourth-order valence-corrected chi connectivity index (χ4v) is 3.98. The van der Waals surface area contributed by atoms with Crippen molar-refractivity contribution in [3.05, 3.63) is 24.3 Å². The molecular weight excluding hydrogens is 244 g/mol. The number of fused-ring (bicyclic) bond motifs is 2. The van der Waals surface area contributed by atoms with Crippen molar-refractivity contribution in [3.8, 4) is 0 Å². The minimum Gasteiger partial charge on any atom is -0.458 e. The average molecular weight is 262 g/mol. The molecule has 102 valence electrons. The second kappa shape index (κ2) is 3.79. The molecule has 0 amide bonds. The molecule has 0 bridgehead atoms. The van der Waals surface area contributed by atoms with Crippen LogP contribution in [-0.2, 0) is 14.3 Å². The number of hydrogen-bond acceptors (Lipinski definition) is 4. The Labute approximate surface area is 112 Å². The molecule has 0 unspecified atom stereocenters. The molecule has 2 aliphatic carbocycles. The van der Waals surface area contributed by atoms with Gasteiger partial charge in [-0.2, -0.15) is 0 Å². The van der Waals surface area contributed by atoms with Gasteiger partial charge in [0, 0.05) is 5.57 Å². The van der Waals surface area contributed by atoms with Gasteiger partial charge >= 0.3 is 5.97 Å². The number of aliphatic hydroxyl groups is 1. The number of carbonyl (C=O) groups is 2. The number of rotatable bonds is 0. The number of aliphatic hydroxyl groups excluding tert-OH is 1. The van der Waals surface area contributed by atoms with Crippen LogP contribution in [0.2, 0.25) is 0 Å². The maximum atomic E-state index is 12.2. The smallest absolute Gasteiger partial charge is 0.334 e. The zero-order chi connectivity index (χ0) is 13.9. The van der Waals surface area contributed by atoms with E-state index in [1.54, 1.807) is 13.0 Å². The molecule has 4 heteroatoms. The predicted octanol–water partition coefficient (Wildman–Crippen LogP) is 1.25. The lowest BCUT2D eigenvalue weighted by Gasteiger charge is -2.37. The summed E-state index contributed by atoms with van der Waals surface area (Å²) < 4.78 is 5.31. The predicted molar refractivity (Wildman–Crippen MR) is 68.0 cm³/mol. The highest BCUT2D eigenvalue weighted by molar-refractivity contribution is 5.99. The topological polar surface area (TPSA) is 63.6 Å². The molecule has 1 N–H and O–H groups in total. The minimum absolute atomic E-state index is 0.00731. The van der Waals surface area contributed by atoms with E-state index in [1.165, 1.54) is 0 Å². The molecule has 1 saturated carbocycles. The summed E-state index contributed by atoms with van der Waals surface area (Å²) in [5.41, 5.74) is -0.568. The van der Waals surface area contributed by atoms with Crippen molar-refractivity contribution in [2.75, 3.05) is 0 Å². The highest BCUT2D eigenvalue weighted by Gasteiger charge is 2.59. The molecule has 0 aromatic carbocycles. The summed E-state index contributed by atoms with van der Waals surface area (Å²) in [5.74, 6) is -0.802. The molecule has 1 saturated heterocycles. The van der Waals surface area contributed by atoms with E-state index in [-0.39, 0.29) is 23.7 Å². The maximum absolute atomic E-state index is 12.2. The Morgan fingerprint density at radius 3 is 2.84 bits per heavy atom. The van der Waals surface area contributed by atoms with Crippen molar-refractivity contribution in [3.63, 3.8) is 0 Å². The molecule has 4 nitrogen and oxygen atoms in total. The fraction of sp³-hybridized carbons (Fsp3) is 0.600. The molecule has 0 aromatic heterocycles. The lowest BCUT2D eigenvalue weighted by Crippen LogP contribution is -2.46. The standard InChI is InChI=1S/C15H18O4/c1-7-6-10-12(8(2)14(18)19-10)13(17)15(3)9(7)4-5-11(15)16/h4-5,7,9-10,12-13,17H,2,6H2,1,3H3/t7-,9+,10-,12-,13+,15+/m0/s1. The summed E-state index contributed by atoms with van der Waals surface area (Å²) in [6, 6.07) is 0. The quantitative estimate of drug-likeness (QED) is 0.527. The highest BCUT2D eigenvalue weighted by Crippen LogP contribution is 2.52. The third kappa shape index (κ3) is 1.43. The van der Waals surface area contributed by atoms with Crippen molar-refractivity contribution in [2.45, 2.75) is 32.5 Å². The van der Waals surface area contributed by atoms with Crippen molar-refractivity contribution in [1.82, 2.24) is 0 Å². The first-order valence-corrected chi connectivity index (χ1v) is 6.68. The molecule has 0 radical (unpaired) electrons. The lowest BCUT2D eigenvalue weighted by molar-refractivity contribution is -0.140. The molecule has 3 aliphatic rings. The average Bonchev–Trinajstić information content (AvgIpc) is 2.77. The summed E-state index contributed by atoms with van der Waals surface area (Å²) >= 11 is 0. The third-order valence-electron chi connectivity index (χ3n) is 5.17. The van der Waals surface area contributed by atoms with Crippen LogP contribution in [0.5, 0.6) is 0 Å². The van der Waals surface area contributed by atoms with Crippen LogP contribution in [0.1, 0.15) is 20.3 Å². The van der Waals surface area contributed by atoms with Crippen LogP contribution in [-0.4, -0.2) is 29.1 Å². The van der Waals surface area contributed by atoms with Crippen LogP contribution in [0.15, 0.2) is 24.3 Å². The molecule has 3 rings (SSSR count). The second-order valence-electron chi connectivity index (χ2n) is 6.18. The minimum atomic E-state index is -0.922. The van der Waals surface area contributed by atoms with E-state index in [2.05, 4.69) is 6.58 Å². The van der Waals surface area contributed by atoms with E-state index in [9.17, 15) is 14.7 Å². The molecule has 2 fully saturated rings. The number of hydrogen-bond donors (Lipinski definition) is 1. The Hall–Kier alpha value is -1.42. The summed E-state index contributed by atoms with van der Waals surface area (Å²) in [6.07, 6.45) is 2.83. The lowest BCUT2D eigenvalue weighted by atomic mass is 9.67. The van der Waals surface area contributed by atoms with Crippen LogP contribution in [0.3, 0.4) is 0 Å². The van der Waals surface area contributed by atoms with Crippen molar-refractivity contribution in [2.24, 2.45) is 23.2 Å². The molecular formula is C15H18O4. The fourth-order valence-electron chi connectivity index (χ4n) is 3.98. The largest absolute Gasteiger partial charge is 0.458 e. The van der Waals surface area contributed by atoms with Crippen LogP contribution >= 0.6 is 0 Å². The maximum Gasteiger partial charge on any atom is 0.334 e. The van der Waals surface area contributed by atoms with Gasteiger partial charge in [-0.1, -0.05) is 19.6 Å². The summed E-state index contributed by atoms with van der Waals surface area (Å²) in [6.45, 7) is 7.57. The molecule has 19 heavy (non-hydrogen) atoms. The van der Waals surface area contributed by atoms with Crippen molar-refractivity contribution < 1.29 is 19.4 Å². The molecule has 0 aromatic rings. The Balaban J connectivity index is 2.08. The monoisotopic (exact) mass is 262 g/mol. The molecule has 1 heterocycles. The Kier molecular flexibility index (Phi) is 2.52. The van der Waals surface area contributed by atoms with Gasteiger partial charge in [0.2, 0.25) is 0 Å². The normalized spacial score (nSPS) is 48.8. The zero-order valence-electron chi connectivity index (χ0n) is 11.1. The summed E-state index contributed by atoms with van der Waals surface area (Å²) in [5, 5.41) is 10.7. The van der Waals surface area contributed by atoms with E-state index < -0.39 is 23.4 Å². The molecule has 1 aliphatic heterocycles.